The zero-order valence-electron chi connectivity index (χ0n) is 13.0. The van der Waals surface area contributed by atoms with Gasteiger partial charge in [0.25, 0.3) is 5.91 Å². The highest BCUT2D eigenvalue weighted by Gasteiger charge is 2.20. The first kappa shape index (κ1) is 17.7. The summed E-state index contributed by atoms with van der Waals surface area (Å²) in [6.45, 7) is 1.77. The van der Waals surface area contributed by atoms with Crippen LogP contribution in [0.3, 0.4) is 0 Å². The van der Waals surface area contributed by atoms with Crippen LogP contribution in [0.2, 0.25) is 0 Å². The third-order valence-electron chi connectivity index (χ3n) is 3.33. The third kappa shape index (κ3) is 3.99. The van der Waals surface area contributed by atoms with Crippen molar-refractivity contribution in [3.63, 3.8) is 0 Å². The summed E-state index contributed by atoms with van der Waals surface area (Å²) in [6, 6.07) is 11.7. The number of aryl methyl sites for hydroxylation is 1. The van der Waals surface area contributed by atoms with Crippen molar-refractivity contribution in [2.24, 2.45) is 0 Å². The van der Waals surface area contributed by atoms with Crippen LogP contribution in [0.15, 0.2) is 51.8 Å². The van der Waals surface area contributed by atoms with Gasteiger partial charge in [0.15, 0.2) is 0 Å². The third-order valence-corrected chi connectivity index (χ3v) is 5.67. The molecule has 0 atom stereocenters. The molecule has 2 aromatic rings. The molecule has 0 spiro atoms. The van der Waals surface area contributed by atoms with E-state index in [0.717, 1.165) is 8.78 Å². The minimum Gasteiger partial charge on any atom is -0.322 e. The van der Waals surface area contributed by atoms with Gasteiger partial charge < -0.3 is 5.32 Å². The van der Waals surface area contributed by atoms with Gasteiger partial charge in [0.1, 0.15) is 0 Å². The molecule has 23 heavy (non-hydrogen) atoms. The Hall–Kier alpha value is -1.70. The molecular formula is C16H17BrN2O3S. The van der Waals surface area contributed by atoms with Crippen LogP contribution in [0.25, 0.3) is 0 Å². The van der Waals surface area contributed by atoms with Crippen molar-refractivity contribution in [2.75, 3.05) is 19.4 Å². The zero-order chi connectivity index (χ0) is 17.2. The van der Waals surface area contributed by atoms with Crippen molar-refractivity contribution in [1.82, 2.24) is 4.31 Å². The maximum Gasteiger partial charge on any atom is 0.255 e. The van der Waals surface area contributed by atoms with Crippen LogP contribution in [0.5, 0.6) is 0 Å². The molecule has 0 aliphatic carbocycles. The number of amides is 1. The van der Waals surface area contributed by atoms with Gasteiger partial charge in [-0.2, -0.15) is 0 Å². The first-order chi connectivity index (χ1) is 10.7. The highest BCUT2D eigenvalue weighted by atomic mass is 79.9. The number of sulfonamides is 1. The van der Waals surface area contributed by atoms with Gasteiger partial charge >= 0.3 is 0 Å². The van der Waals surface area contributed by atoms with E-state index in [-0.39, 0.29) is 10.8 Å². The summed E-state index contributed by atoms with van der Waals surface area (Å²) in [5, 5.41) is 2.77. The number of carbonyl (C=O) groups is 1. The summed E-state index contributed by atoms with van der Waals surface area (Å²) in [5.74, 6) is -0.347. The van der Waals surface area contributed by atoms with Gasteiger partial charge in [0.2, 0.25) is 10.0 Å². The Morgan fingerprint density at radius 3 is 2.26 bits per heavy atom. The van der Waals surface area contributed by atoms with E-state index in [1.807, 2.05) is 12.1 Å². The fourth-order valence-corrected chi connectivity index (χ4v) is 3.14. The average molecular weight is 397 g/mol. The fourth-order valence-electron chi connectivity index (χ4n) is 1.95. The van der Waals surface area contributed by atoms with E-state index in [1.54, 1.807) is 25.1 Å². The van der Waals surface area contributed by atoms with Crippen molar-refractivity contribution in [3.8, 4) is 0 Å². The van der Waals surface area contributed by atoms with Crippen LogP contribution >= 0.6 is 15.9 Å². The summed E-state index contributed by atoms with van der Waals surface area (Å²) in [4.78, 5) is 12.5. The first-order valence-corrected chi connectivity index (χ1v) is 9.05. The van der Waals surface area contributed by atoms with Gasteiger partial charge in [-0.05, 0) is 48.9 Å². The fraction of sp³-hybridized carbons (Fsp3) is 0.188. The molecule has 0 aromatic heterocycles. The van der Waals surface area contributed by atoms with Gasteiger partial charge in [-0.1, -0.05) is 22.0 Å². The SMILES string of the molecule is Cc1ccc(S(=O)(=O)N(C)C)cc1C(=O)Nc1ccc(Br)cc1. The largest absolute Gasteiger partial charge is 0.322 e. The highest BCUT2D eigenvalue weighted by Crippen LogP contribution is 2.20. The molecule has 0 unspecified atom stereocenters. The Labute approximate surface area is 144 Å². The second kappa shape index (κ2) is 6.82. The molecule has 5 nitrogen and oxygen atoms in total. The maximum atomic E-state index is 12.4. The van der Waals surface area contributed by atoms with E-state index in [1.165, 1.54) is 26.2 Å². The van der Waals surface area contributed by atoms with Gasteiger partial charge in [-0.15, -0.1) is 0 Å². The summed E-state index contributed by atoms with van der Waals surface area (Å²) in [6.07, 6.45) is 0. The number of halogens is 1. The van der Waals surface area contributed by atoms with E-state index in [0.29, 0.717) is 16.8 Å². The summed E-state index contributed by atoms with van der Waals surface area (Å²) in [7, 11) is -0.671. The molecule has 0 heterocycles. The van der Waals surface area contributed by atoms with Crippen molar-refractivity contribution >= 4 is 37.5 Å². The Kier molecular flexibility index (Phi) is 5.23. The van der Waals surface area contributed by atoms with E-state index >= 15 is 0 Å². The molecular weight excluding hydrogens is 380 g/mol. The Morgan fingerprint density at radius 1 is 1.09 bits per heavy atom. The van der Waals surface area contributed by atoms with Gasteiger partial charge in [0.05, 0.1) is 4.90 Å². The number of anilines is 1. The Balaban J connectivity index is 2.35. The second-order valence-corrected chi connectivity index (χ2v) is 8.29. The number of hydrogen-bond donors (Lipinski definition) is 1. The number of rotatable bonds is 4. The lowest BCUT2D eigenvalue weighted by Crippen LogP contribution is -2.23. The van der Waals surface area contributed by atoms with Crippen LogP contribution in [0.1, 0.15) is 15.9 Å². The Morgan fingerprint density at radius 2 is 1.70 bits per heavy atom. The van der Waals surface area contributed by atoms with Crippen molar-refractivity contribution in [3.05, 3.63) is 58.1 Å². The molecule has 0 saturated heterocycles. The maximum absolute atomic E-state index is 12.4. The highest BCUT2D eigenvalue weighted by molar-refractivity contribution is 9.10. The molecule has 0 radical (unpaired) electrons. The van der Waals surface area contributed by atoms with Crippen LogP contribution in [-0.4, -0.2) is 32.7 Å². The molecule has 1 amide bonds. The molecule has 0 aliphatic heterocycles. The van der Waals surface area contributed by atoms with Crippen molar-refractivity contribution in [1.29, 1.82) is 0 Å². The lowest BCUT2D eigenvalue weighted by Gasteiger charge is -2.14. The molecule has 2 aromatic carbocycles. The molecule has 0 saturated carbocycles. The minimum absolute atomic E-state index is 0.0917. The van der Waals surface area contributed by atoms with Gasteiger partial charge in [-0.25, -0.2) is 12.7 Å². The zero-order valence-corrected chi connectivity index (χ0v) is 15.4. The summed E-state index contributed by atoms with van der Waals surface area (Å²) < 4.78 is 26.4. The van der Waals surface area contributed by atoms with E-state index in [2.05, 4.69) is 21.2 Å². The molecule has 0 fully saturated rings. The number of nitrogens with one attached hydrogen (secondary N) is 1. The topological polar surface area (TPSA) is 66.5 Å². The quantitative estimate of drug-likeness (QED) is 0.861. The second-order valence-electron chi connectivity index (χ2n) is 5.23. The molecule has 2 rings (SSSR count). The van der Waals surface area contributed by atoms with E-state index in [4.69, 9.17) is 0 Å². The number of benzene rings is 2. The van der Waals surface area contributed by atoms with Crippen LogP contribution in [-0.2, 0) is 10.0 Å². The molecule has 122 valence electrons. The summed E-state index contributed by atoms with van der Waals surface area (Å²) >= 11 is 3.33. The van der Waals surface area contributed by atoms with E-state index in [9.17, 15) is 13.2 Å². The predicted molar refractivity (Wildman–Crippen MR) is 94.1 cm³/mol. The predicted octanol–water partition coefficient (Wildman–Crippen LogP) is 3.26. The van der Waals surface area contributed by atoms with Crippen molar-refractivity contribution in [2.45, 2.75) is 11.8 Å². The lowest BCUT2D eigenvalue weighted by atomic mass is 10.1. The Bertz CT molecular complexity index is 831. The molecule has 0 aliphatic rings. The number of carbonyl (C=O) groups excluding carboxylic acids is 1. The standard InChI is InChI=1S/C16H17BrN2O3S/c1-11-4-9-14(23(21,22)19(2)3)10-15(11)16(20)18-13-7-5-12(17)6-8-13/h4-10H,1-3H3,(H,18,20). The van der Waals surface area contributed by atoms with E-state index < -0.39 is 10.0 Å². The average Bonchev–Trinajstić information content (AvgIpc) is 2.49. The number of nitrogens with zero attached hydrogens (tertiary/aromatic N) is 1. The van der Waals surface area contributed by atoms with Gasteiger partial charge in [0, 0.05) is 29.8 Å². The molecule has 1 N–H and O–H groups in total. The molecule has 0 bridgehead atoms. The normalized spacial score (nSPS) is 11.5. The smallest absolute Gasteiger partial charge is 0.255 e. The van der Waals surface area contributed by atoms with Crippen LogP contribution in [0.4, 0.5) is 5.69 Å². The van der Waals surface area contributed by atoms with Gasteiger partial charge in [-0.3, -0.25) is 4.79 Å². The number of hydrogen-bond acceptors (Lipinski definition) is 3. The van der Waals surface area contributed by atoms with Crippen LogP contribution < -0.4 is 5.32 Å². The first-order valence-electron chi connectivity index (χ1n) is 6.82. The van der Waals surface area contributed by atoms with Crippen LogP contribution in [0, 0.1) is 6.92 Å². The monoisotopic (exact) mass is 396 g/mol. The minimum atomic E-state index is -3.58. The lowest BCUT2D eigenvalue weighted by molar-refractivity contribution is 0.102. The van der Waals surface area contributed by atoms with Crippen molar-refractivity contribution < 1.29 is 13.2 Å². The molecule has 7 heteroatoms. The summed E-state index contributed by atoms with van der Waals surface area (Å²) in [5.41, 5.74) is 1.67.